The monoisotopic (exact) mass is 270 g/mol. The maximum Gasteiger partial charge on any atom is 1.00 e. The van der Waals surface area contributed by atoms with Crippen LogP contribution in [0.5, 0.6) is 0 Å². The number of hydrogen-bond donors (Lipinski definition) is 0. The minimum Gasteiger partial charge on any atom is -0.748 e. The molecule has 0 saturated carbocycles. The Morgan fingerprint density at radius 3 is 2.00 bits per heavy atom. The average molecular weight is 270 g/mol. The second-order valence-corrected chi connectivity index (χ2v) is 3.14. The van der Waals surface area contributed by atoms with Crippen molar-refractivity contribution in [2.45, 2.75) is 19.8 Å². The smallest absolute Gasteiger partial charge is 0.748 e. The number of hydrogen-bond acceptors (Lipinski definition) is 3. The van der Waals surface area contributed by atoms with Crippen molar-refractivity contribution in [3.05, 3.63) is 0 Å². The molecule has 5 heteroatoms. The van der Waals surface area contributed by atoms with Gasteiger partial charge in [0.05, 0.1) is 10.1 Å². The third-order valence-corrected chi connectivity index (χ3v) is 1.54. The van der Waals surface area contributed by atoms with Crippen molar-refractivity contribution in [2.24, 2.45) is 0 Å². The first-order valence-electron chi connectivity index (χ1n) is 2.50. The first kappa shape index (κ1) is 13.5. The van der Waals surface area contributed by atoms with Gasteiger partial charge in [0.25, 0.3) is 0 Å². The van der Waals surface area contributed by atoms with Gasteiger partial charge in [0.1, 0.15) is 0 Å². The number of rotatable bonds is 3. The van der Waals surface area contributed by atoms with Crippen molar-refractivity contribution >= 4 is 10.1 Å². The van der Waals surface area contributed by atoms with Gasteiger partial charge in [0, 0.05) is 5.75 Å². The van der Waals surface area contributed by atoms with E-state index in [0.717, 1.165) is 6.42 Å². The topological polar surface area (TPSA) is 57.2 Å². The van der Waals surface area contributed by atoms with Crippen molar-refractivity contribution in [2.75, 3.05) is 5.75 Å². The van der Waals surface area contributed by atoms with Crippen LogP contribution in [0.3, 0.4) is 0 Å². The third-order valence-electron chi connectivity index (χ3n) is 0.748. The molecule has 0 atom stereocenters. The summed E-state index contributed by atoms with van der Waals surface area (Å²) in [5.74, 6) is -0.219. The van der Waals surface area contributed by atoms with Crippen LogP contribution in [0.2, 0.25) is 0 Å². The minimum absolute atomic E-state index is 0. The van der Waals surface area contributed by atoms with Gasteiger partial charge in [0.15, 0.2) is 0 Å². The molecular formula is C4H9CsO3S. The zero-order valence-electron chi connectivity index (χ0n) is 5.75. The summed E-state index contributed by atoms with van der Waals surface area (Å²) in [5.41, 5.74) is 0. The van der Waals surface area contributed by atoms with Crippen molar-refractivity contribution in [1.82, 2.24) is 0 Å². The Morgan fingerprint density at radius 2 is 1.89 bits per heavy atom. The van der Waals surface area contributed by atoms with E-state index in [1.54, 1.807) is 0 Å². The standard InChI is InChI=1S/C4H10O3S.Cs/c1-2-3-4-8(5,6)7;/h2-4H2,1H3,(H,5,6,7);/q;+1/p-1. The summed E-state index contributed by atoms with van der Waals surface area (Å²) in [4.78, 5) is 0. The maximum atomic E-state index is 9.83. The van der Waals surface area contributed by atoms with E-state index in [1.807, 2.05) is 6.92 Å². The van der Waals surface area contributed by atoms with Crippen molar-refractivity contribution in [3.63, 3.8) is 0 Å². The van der Waals surface area contributed by atoms with Gasteiger partial charge in [-0.05, 0) is 6.42 Å². The summed E-state index contributed by atoms with van der Waals surface area (Å²) in [5, 5.41) is 0. The molecule has 0 saturated heterocycles. The molecule has 0 bridgehead atoms. The fraction of sp³-hybridized carbons (Fsp3) is 1.00. The van der Waals surface area contributed by atoms with Crippen LogP contribution >= 0.6 is 0 Å². The van der Waals surface area contributed by atoms with Crippen LogP contribution in [-0.4, -0.2) is 18.7 Å². The molecular weight excluding hydrogens is 261 g/mol. The molecule has 0 amide bonds. The fourth-order valence-corrected chi connectivity index (χ4v) is 0.963. The van der Waals surface area contributed by atoms with Crippen LogP contribution in [0, 0.1) is 0 Å². The molecule has 0 aromatic rings. The van der Waals surface area contributed by atoms with Gasteiger partial charge in [-0.25, -0.2) is 8.42 Å². The van der Waals surface area contributed by atoms with E-state index < -0.39 is 10.1 Å². The fourth-order valence-electron chi connectivity index (χ4n) is 0.321. The van der Waals surface area contributed by atoms with E-state index in [4.69, 9.17) is 0 Å². The predicted octanol–water partition coefficient (Wildman–Crippen LogP) is -2.66. The van der Waals surface area contributed by atoms with Gasteiger partial charge in [-0.2, -0.15) is 0 Å². The predicted molar refractivity (Wildman–Crippen MR) is 29.5 cm³/mol. The summed E-state index contributed by atoms with van der Waals surface area (Å²) in [7, 11) is -3.94. The summed E-state index contributed by atoms with van der Waals surface area (Å²) in [6.07, 6.45) is 1.23. The molecule has 0 spiro atoms. The Morgan fingerprint density at radius 1 is 1.44 bits per heavy atom. The normalized spacial score (nSPS) is 10.4. The van der Waals surface area contributed by atoms with Crippen molar-refractivity contribution < 1.29 is 81.9 Å². The van der Waals surface area contributed by atoms with Crippen LogP contribution in [0.4, 0.5) is 0 Å². The zero-order valence-corrected chi connectivity index (χ0v) is 12.9. The molecule has 0 radical (unpaired) electrons. The summed E-state index contributed by atoms with van der Waals surface area (Å²) >= 11 is 0. The van der Waals surface area contributed by atoms with Crippen LogP contribution in [0.1, 0.15) is 19.8 Å². The van der Waals surface area contributed by atoms with E-state index in [1.165, 1.54) is 0 Å². The summed E-state index contributed by atoms with van der Waals surface area (Å²) in [6, 6.07) is 0. The van der Waals surface area contributed by atoms with E-state index in [-0.39, 0.29) is 74.6 Å². The zero-order chi connectivity index (χ0) is 6.62. The molecule has 0 fully saturated rings. The van der Waals surface area contributed by atoms with Gasteiger partial charge in [-0.3, -0.25) is 0 Å². The van der Waals surface area contributed by atoms with E-state index in [9.17, 15) is 13.0 Å². The SMILES string of the molecule is CCCCS(=O)(=O)[O-].[Cs+]. The molecule has 3 nitrogen and oxygen atoms in total. The van der Waals surface area contributed by atoms with Crippen LogP contribution in [0.15, 0.2) is 0 Å². The Hall–Kier alpha value is 1.96. The molecule has 0 unspecified atom stereocenters. The van der Waals surface area contributed by atoms with Gasteiger partial charge < -0.3 is 4.55 Å². The molecule has 0 aromatic carbocycles. The first-order valence-corrected chi connectivity index (χ1v) is 4.07. The third kappa shape index (κ3) is 13.0. The Bertz CT molecular complexity index is 140. The number of unbranched alkanes of at least 4 members (excludes halogenated alkanes) is 1. The van der Waals surface area contributed by atoms with Crippen LogP contribution in [-0.2, 0) is 10.1 Å². The molecule has 0 aliphatic heterocycles. The summed E-state index contributed by atoms with van der Waals surface area (Å²) < 4.78 is 29.5. The Kier molecular flexibility index (Phi) is 10.0. The van der Waals surface area contributed by atoms with Crippen LogP contribution < -0.4 is 68.9 Å². The Balaban J connectivity index is 0. The Labute approximate surface area is 115 Å². The van der Waals surface area contributed by atoms with Crippen molar-refractivity contribution in [3.8, 4) is 0 Å². The van der Waals surface area contributed by atoms with E-state index in [0.29, 0.717) is 6.42 Å². The molecule has 50 valence electrons. The quantitative estimate of drug-likeness (QED) is 0.526. The molecule has 0 heterocycles. The van der Waals surface area contributed by atoms with Gasteiger partial charge >= 0.3 is 68.9 Å². The summed E-state index contributed by atoms with van der Waals surface area (Å²) in [6.45, 7) is 1.84. The molecule has 0 aliphatic rings. The molecule has 0 N–H and O–H groups in total. The minimum atomic E-state index is -3.94. The van der Waals surface area contributed by atoms with E-state index >= 15 is 0 Å². The molecule has 0 rings (SSSR count). The molecule has 0 aliphatic carbocycles. The largest absolute Gasteiger partial charge is 1.00 e. The van der Waals surface area contributed by atoms with Gasteiger partial charge in [-0.15, -0.1) is 0 Å². The maximum absolute atomic E-state index is 9.83. The first-order chi connectivity index (χ1) is 3.56. The van der Waals surface area contributed by atoms with Gasteiger partial charge in [-0.1, -0.05) is 13.3 Å². The second kappa shape index (κ2) is 6.66. The average Bonchev–Trinajstić information content (AvgIpc) is 1.59. The molecule has 9 heavy (non-hydrogen) atoms. The van der Waals surface area contributed by atoms with Crippen LogP contribution in [0.25, 0.3) is 0 Å². The molecule has 0 aromatic heterocycles. The van der Waals surface area contributed by atoms with E-state index in [2.05, 4.69) is 0 Å². The van der Waals surface area contributed by atoms with Crippen molar-refractivity contribution in [1.29, 1.82) is 0 Å². The second-order valence-electron chi connectivity index (χ2n) is 1.62. The van der Waals surface area contributed by atoms with Gasteiger partial charge in [0.2, 0.25) is 0 Å².